The Labute approximate surface area is 108 Å². The summed E-state index contributed by atoms with van der Waals surface area (Å²) in [4.78, 5) is 11.3. The van der Waals surface area contributed by atoms with E-state index in [0.29, 0.717) is 12.4 Å². The summed E-state index contributed by atoms with van der Waals surface area (Å²) in [7, 11) is 0. The monoisotopic (exact) mass is 254 g/mol. The van der Waals surface area contributed by atoms with Crippen molar-refractivity contribution in [2.45, 2.75) is 46.1 Å². The highest BCUT2D eigenvalue weighted by Crippen LogP contribution is 2.15. The molecule has 0 fully saturated rings. The number of rotatable bonds is 8. The van der Waals surface area contributed by atoms with E-state index in [4.69, 9.17) is 15.0 Å². The number of aryl methyl sites for hydroxylation is 1. The zero-order chi connectivity index (χ0) is 13.4. The predicted octanol–water partition coefficient (Wildman–Crippen LogP) is 2.29. The van der Waals surface area contributed by atoms with E-state index in [1.807, 2.05) is 12.3 Å². The van der Waals surface area contributed by atoms with Crippen LogP contribution in [0, 0.1) is 6.92 Å². The first-order valence-corrected chi connectivity index (χ1v) is 6.37. The zero-order valence-corrected chi connectivity index (χ0v) is 11.1. The molecule has 0 aliphatic rings. The second-order valence-electron chi connectivity index (χ2n) is 4.28. The molecule has 0 spiro atoms. The van der Waals surface area contributed by atoms with Crippen LogP contribution in [0.3, 0.4) is 0 Å². The topological polar surface area (TPSA) is 77.5 Å². The third-order valence-electron chi connectivity index (χ3n) is 2.78. The number of hydrogen-bond donors (Lipinski definition) is 2. The normalized spacial score (nSPS) is 10.6. The molecule has 0 atom stereocenters. The third-order valence-corrected chi connectivity index (χ3v) is 2.78. The molecule has 18 heavy (non-hydrogen) atoms. The molecule has 5 heteroatoms. The number of nitrogens with one attached hydrogen (secondary N) is 1. The lowest BCUT2D eigenvalue weighted by molar-refractivity contribution is 0.0924. The number of nitrogens with two attached hydrogens (primary N) is 1. The van der Waals surface area contributed by atoms with Crippen LogP contribution in [0.15, 0.2) is 10.5 Å². The molecule has 0 saturated heterocycles. The van der Waals surface area contributed by atoms with Gasteiger partial charge in [-0.05, 0) is 19.4 Å². The predicted molar refractivity (Wildman–Crippen MR) is 68.9 cm³/mol. The first-order valence-electron chi connectivity index (χ1n) is 6.37. The van der Waals surface area contributed by atoms with Gasteiger partial charge in [-0.1, -0.05) is 26.2 Å². The minimum Gasteiger partial charge on any atom is -0.456 e. The SMILES string of the molecule is CCCCCCOCc1cc(C(=O)NN)oc1C. The molecule has 1 aromatic heterocycles. The van der Waals surface area contributed by atoms with Crippen molar-refractivity contribution in [3.8, 4) is 0 Å². The fourth-order valence-electron chi connectivity index (χ4n) is 1.66. The van der Waals surface area contributed by atoms with E-state index in [0.717, 1.165) is 18.6 Å². The molecule has 0 bridgehead atoms. The molecule has 1 amide bonds. The van der Waals surface area contributed by atoms with E-state index in [9.17, 15) is 4.79 Å². The van der Waals surface area contributed by atoms with E-state index in [1.165, 1.54) is 19.3 Å². The molecule has 0 unspecified atom stereocenters. The van der Waals surface area contributed by atoms with E-state index in [1.54, 1.807) is 6.07 Å². The molecular formula is C13H22N2O3. The Balaban J connectivity index is 2.34. The Hall–Kier alpha value is -1.33. The largest absolute Gasteiger partial charge is 0.456 e. The van der Waals surface area contributed by atoms with Crippen molar-refractivity contribution in [3.63, 3.8) is 0 Å². The van der Waals surface area contributed by atoms with Gasteiger partial charge < -0.3 is 9.15 Å². The maximum absolute atomic E-state index is 11.3. The van der Waals surface area contributed by atoms with Gasteiger partial charge in [0.2, 0.25) is 0 Å². The van der Waals surface area contributed by atoms with Crippen molar-refractivity contribution >= 4 is 5.91 Å². The highest BCUT2D eigenvalue weighted by atomic mass is 16.5. The molecule has 102 valence electrons. The molecule has 0 aliphatic heterocycles. The van der Waals surface area contributed by atoms with Gasteiger partial charge in [-0.2, -0.15) is 0 Å². The van der Waals surface area contributed by atoms with Gasteiger partial charge in [-0.3, -0.25) is 10.2 Å². The summed E-state index contributed by atoms with van der Waals surface area (Å²) < 4.78 is 10.8. The highest BCUT2D eigenvalue weighted by molar-refractivity contribution is 5.91. The molecule has 0 saturated carbocycles. The molecule has 0 aromatic carbocycles. The maximum Gasteiger partial charge on any atom is 0.300 e. The van der Waals surface area contributed by atoms with Crippen molar-refractivity contribution < 1.29 is 13.9 Å². The van der Waals surface area contributed by atoms with E-state index in [-0.39, 0.29) is 5.76 Å². The third kappa shape index (κ3) is 4.50. The highest BCUT2D eigenvalue weighted by Gasteiger charge is 2.13. The Morgan fingerprint density at radius 3 is 2.89 bits per heavy atom. The first-order chi connectivity index (χ1) is 8.69. The lowest BCUT2D eigenvalue weighted by Gasteiger charge is -2.02. The van der Waals surface area contributed by atoms with Gasteiger partial charge in [-0.15, -0.1) is 0 Å². The molecule has 3 N–H and O–H groups in total. The van der Waals surface area contributed by atoms with Gasteiger partial charge in [-0.25, -0.2) is 5.84 Å². The standard InChI is InChI=1S/C13H22N2O3/c1-3-4-5-6-7-17-9-11-8-12(13(16)15-14)18-10(11)2/h8H,3-7,9,14H2,1-2H3,(H,15,16). The van der Waals surface area contributed by atoms with Crippen LogP contribution in [-0.2, 0) is 11.3 Å². The number of carbonyl (C=O) groups excluding carboxylic acids is 1. The first kappa shape index (κ1) is 14.7. The molecule has 0 aliphatic carbocycles. The van der Waals surface area contributed by atoms with Gasteiger partial charge in [0.25, 0.3) is 0 Å². The summed E-state index contributed by atoms with van der Waals surface area (Å²) in [5.74, 6) is 5.54. The lowest BCUT2D eigenvalue weighted by atomic mass is 10.2. The minimum atomic E-state index is -0.424. The molecule has 1 aromatic rings. The Morgan fingerprint density at radius 2 is 2.22 bits per heavy atom. The average Bonchev–Trinajstić information content (AvgIpc) is 2.74. The molecule has 0 radical (unpaired) electrons. The van der Waals surface area contributed by atoms with Crippen LogP contribution in [0.25, 0.3) is 0 Å². The minimum absolute atomic E-state index is 0.222. The van der Waals surface area contributed by atoms with Crippen LogP contribution in [0.4, 0.5) is 0 Å². The van der Waals surface area contributed by atoms with E-state index < -0.39 is 5.91 Å². The van der Waals surface area contributed by atoms with Gasteiger partial charge in [0.15, 0.2) is 5.76 Å². The number of unbranched alkanes of at least 4 members (excludes halogenated alkanes) is 3. The molecule has 1 rings (SSSR count). The number of carbonyl (C=O) groups is 1. The van der Waals surface area contributed by atoms with Crippen molar-refractivity contribution in [2.75, 3.05) is 6.61 Å². The van der Waals surface area contributed by atoms with Crippen molar-refractivity contribution in [2.24, 2.45) is 5.84 Å². The number of furan rings is 1. The smallest absolute Gasteiger partial charge is 0.300 e. The lowest BCUT2D eigenvalue weighted by Crippen LogP contribution is -2.29. The van der Waals surface area contributed by atoms with Crippen LogP contribution in [0.1, 0.15) is 54.5 Å². The fourth-order valence-corrected chi connectivity index (χ4v) is 1.66. The van der Waals surface area contributed by atoms with Crippen molar-refractivity contribution in [1.29, 1.82) is 0 Å². The van der Waals surface area contributed by atoms with Crippen LogP contribution in [0.2, 0.25) is 0 Å². The van der Waals surface area contributed by atoms with Crippen LogP contribution in [-0.4, -0.2) is 12.5 Å². The van der Waals surface area contributed by atoms with Gasteiger partial charge >= 0.3 is 5.91 Å². The molecular weight excluding hydrogens is 232 g/mol. The Morgan fingerprint density at radius 1 is 1.44 bits per heavy atom. The summed E-state index contributed by atoms with van der Waals surface area (Å²) in [6.45, 7) is 5.20. The second-order valence-corrected chi connectivity index (χ2v) is 4.28. The average molecular weight is 254 g/mol. The summed E-state index contributed by atoms with van der Waals surface area (Å²) in [6, 6.07) is 1.67. The Kier molecular flexibility index (Phi) is 6.46. The number of nitrogen functional groups attached to an aromatic ring is 1. The summed E-state index contributed by atoms with van der Waals surface area (Å²) in [5.41, 5.74) is 2.93. The van der Waals surface area contributed by atoms with Gasteiger partial charge in [0, 0.05) is 12.2 Å². The van der Waals surface area contributed by atoms with E-state index in [2.05, 4.69) is 6.92 Å². The number of ether oxygens (including phenoxy) is 1. The summed E-state index contributed by atoms with van der Waals surface area (Å²) in [5, 5.41) is 0. The van der Waals surface area contributed by atoms with Crippen molar-refractivity contribution in [3.05, 3.63) is 23.2 Å². The van der Waals surface area contributed by atoms with Crippen LogP contribution >= 0.6 is 0 Å². The maximum atomic E-state index is 11.3. The number of amides is 1. The molecule has 5 nitrogen and oxygen atoms in total. The Bertz CT molecular complexity index is 374. The number of hydrogen-bond acceptors (Lipinski definition) is 4. The number of hydrazine groups is 1. The zero-order valence-electron chi connectivity index (χ0n) is 11.1. The molecule has 1 heterocycles. The second kappa shape index (κ2) is 7.89. The van der Waals surface area contributed by atoms with Crippen LogP contribution < -0.4 is 11.3 Å². The quantitative estimate of drug-likeness (QED) is 0.323. The van der Waals surface area contributed by atoms with Crippen LogP contribution in [0.5, 0.6) is 0 Å². The van der Waals surface area contributed by atoms with Crippen molar-refractivity contribution in [1.82, 2.24) is 5.43 Å². The summed E-state index contributed by atoms with van der Waals surface area (Å²) >= 11 is 0. The van der Waals surface area contributed by atoms with Gasteiger partial charge in [0.05, 0.1) is 6.61 Å². The fraction of sp³-hybridized carbons (Fsp3) is 0.615. The van der Waals surface area contributed by atoms with E-state index >= 15 is 0 Å². The van der Waals surface area contributed by atoms with Gasteiger partial charge in [0.1, 0.15) is 5.76 Å². The summed E-state index contributed by atoms with van der Waals surface area (Å²) in [6.07, 6.45) is 4.73.